The highest BCUT2D eigenvalue weighted by atomic mass is 32.2. The summed E-state index contributed by atoms with van der Waals surface area (Å²) in [6.45, 7) is 1.36. The molecule has 0 N–H and O–H groups in total. The molecular formula is C23H18N6O2S. The quantitative estimate of drug-likeness (QED) is 0.436. The van der Waals surface area contributed by atoms with Crippen molar-refractivity contribution in [2.45, 2.75) is 18.2 Å². The van der Waals surface area contributed by atoms with Gasteiger partial charge in [0.1, 0.15) is 12.0 Å². The third-order valence-electron chi connectivity index (χ3n) is 5.31. The molecular weight excluding hydrogens is 424 g/mol. The highest BCUT2D eigenvalue weighted by Gasteiger charge is 2.21. The molecule has 3 heterocycles. The topological polar surface area (TPSA) is 101 Å². The van der Waals surface area contributed by atoms with E-state index >= 15 is 0 Å². The minimum absolute atomic E-state index is 0.0503. The SMILES string of the molecule is N#Cc1ccc(-n2cnc(-c3nnc(SCC(=O)N4CCc5ccccc5C4)o3)c2)cc1. The van der Waals surface area contributed by atoms with Gasteiger partial charge in [0.15, 0.2) is 0 Å². The Kier molecular flexibility index (Phi) is 5.44. The Bertz CT molecular complexity index is 1300. The summed E-state index contributed by atoms with van der Waals surface area (Å²) in [5.41, 5.74) is 4.51. The molecule has 1 aliphatic rings. The van der Waals surface area contributed by atoms with Crippen LogP contribution in [0.4, 0.5) is 0 Å². The number of fused-ring (bicyclic) bond motifs is 1. The molecule has 0 aliphatic carbocycles. The first-order valence-corrected chi connectivity index (χ1v) is 11.0. The van der Waals surface area contributed by atoms with Crippen LogP contribution in [0.25, 0.3) is 17.3 Å². The van der Waals surface area contributed by atoms with Gasteiger partial charge in [-0.25, -0.2) is 4.98 Å². The Hall–Kier alpha value is -3.90. The normalized spacial score (nSPS) is 12.9. The predicted molar refractivity (Wildman–Crippen MR) is 118 cm³/mol. The van der Waals surface area contributed by atoms with Crippen LogP contribution in [0.1, 0.15) is 16.7 Å². The highest BCUT2D eigenvalue weighted by Crippen LogP contribution is 2.24. The molecule has 2 aromatic carbocycles. The number of hydrogen-bond acceptors (Lipinski definition) is 7. The molecule has 4 aromatic rings. The fourth-order valence-electron chi connectivity index (χ4n) is 3.58. The number of amides is 1. The van der Waals surface area contributed by atoms with E-state index < -0.39 is 0 Å². The monoisotopic (exact) mass is 442 g/mol. The summed E-state index contributed by atoms with van der Waals surface area (Å²) in [6.07, 6.45) is 4.30. The summed E-state index contributed by atoms with van der Waals surface area (Å²) < 4.78 is 7.51. The van der Waals surface area contributed by atoms with Crippen LogP contribution < -0.4 is 0 Å². The maximum Gasteiger partial charge on any atom is 0.277 e. The van der Waals surface area contributed by atoms with E-state index in [2.05, 4.69) is 33.4 Å². The molecule has 8 nitrogen and oxygen atoms in total. The van der Waals surface area contributed by atoms with Crippen LogP contribution in [-0.2, 0) is 17.8 Å². The molecule has 9 heteroatoms. The fraction of sp³-hybridized carbons (Fsp3) is 0.174. The van der Waals surface area contributed by atoms with Gasteiger partial charge in [-0.3, -0.25) is 4.79 Å². The molecule has 0 spiro atoms. The minimum Gasteiger partial charge on any atom is -0.410 e. The number of nitrogens with zero attached hydrogens (tertiary/aromatic N) is 6. The molecule has 0 fully saturated rings. The lowest BCUT2D eigenvalue weighted by Crippen LogP contribution is -2.37. The molecule has 0 saturated heterocycles. The Morgan fingerprint density at radius 1 is 1.12 bits per heavy atom. The number of thioether (sulfide) groups is 1. The average Bonchev–Trinajstić information content (AvgIpc) is 3.52. The molecule has 32 heavy (non-hydrogen) atoms. The van der Waals surface area contributed by atoms with Crippen molar-refractivity contribution in [1.82, 2.24) is 24.6 Å². The number of benzene rings is 2. The Morgan fingerprint density at radius 2 is 1.94 bits per heavy atom. The summed E-state index contributed by atoms with van der Waals surface area (Å²) in [7, 11) is 0. The molecule has 0 atom stereocenters. The molecule has 0 bridgehead atoms. The van der Waals surface area contributed by atoms with Gasteiger partial charge in [0.25, 0.3) is 11.1 Å². The minimum atomic E-state index is 0.0503. The first-order chi connectivity index (χ1) is 15.7. The van der Waals surface area contributed by atoms with Gasteiger partial charge >= 0.3 is 0 Å². The van der Waals surface area contributed by atoms with Crippen LogP contribution in [0.2, 0.25) is 0 Å². The van der Waals surface area contributed by atoms with E-state index in [0.717, 1.165) is 18.7 Å². The van der Waals surface area contributed by atoms with Crippen molar-refractivity contribution in [1.29, 1.82) is 5.26 Å². The standard InChI is InChI=1S/C23H18N6O2S/c24-11-16-5-7-19(8-6-16)29-13-20(25-15-29)22-26-27-23(31-22)32-14-21(30)28-10-9-17-3-1-2-4-18(17)12-28/h1-8,13,15H,9-10,12,14H2. The van der Waals surface area contributed by atoms with Gasteiger partial charge < -0.3 is 13.9 Å². The lowest BCUT2D eigenvalue weighted by molar-refractivity contribution is -0.129. The van der Waals surface area contributed by atoms with Crippen LogP contribution >= 0.6 is 11.8 Å². The van der Waals surface area contributed by atoms with Crippen LogP contribution in [0.3, 0.4) is 0 Å². The summed E-state index contributed by atoms with van der Waals surface area (Å²) in [5.74, 6) is 0.581. The molecule has 5 rings (SSSR count). The van der Waals surface area contributed by atoms with Gasteiger partial charge in [0, 0.05) is 25.0 Å². The Morgan fingerprint density at radius 3 is 2.75 bits per heavy atom. The van der Waals surface area contributed by atoms with Gasteiger partial charge in [-0.15, -0.1) is 10.2 Å². The Balaban J connectivity index is 1.21. The van der Waals surface area contributed by atoms with Crippen molar-refractivity contribution in [3.8, 4) is 23.3 Å². The van der Waals surface area contributed by atoms with Crippen molar-refractivity contribution in [2.75, 3.05) is 12.3 Å². The van der Waals surface area contributed by atoms with Crippen molar-refractivity contribution >= 4 is 17.7 Å². The largest absolute Gasteiger partial charge is 0.410 e. The molecule has 0 unspecified atom stereocenters. The van der Waals surface area contributed by atoms with Crippen molar-refractivity contribution < 1.29 is 9.21 Å². The number of aromatic nitrogens is 4. The zero-order chi connectivity index (χ0) is 21.9. The molecule has 1 amide bonds. The fourth-order valence-corrected chi connectivity index (χ4v) is 4.24. The molecule has 0 saturated carbocycles. The molecule has 2 aromatic heterocycles. The first kappa shape index (κ1) is 20.0. The van der Waals surface area contributed by atoms with E-state index in [1.54, 1.807) is 24.7 Å². The van der Waals surface area contributed by atoms with Crippen LogP contribution in [-0.4, -0.2) is 42.9 Å². The molecule has 1 aliphatic heterocycles. The second kappa shape index (κ2) is 8.69. The van der Waals surface area contributed by atoms with E-state index in [4.69, 9.17) is 9.68 Å². The van der Waals surface area contributed by atoms with Crippen molar-refractivity contribution in [3.63, 3.8) is 0 Å². The molecule has 158 valence electrons. The van der Waals surface area contributed by atoms with Crippen molar-refractivity contribution in [2.24, 2.45) is 0 Å². The third-order valence-corrected chi connectivity index (χ3v) is 6.11. The van der Waals surface area contributed by atoms with E-state index in [1.807, 2.05) is 33.7 Å². The first-order valence-electron chi connectivity index (χ1n) is 10.1. The Labute approximate surface area is 188 Å². The lowest BCUT2D eigenvalue weighted by atomic mass is 10.00. The number of imidazole rings is 1. The van der Waals surface area contributed by atoms with Gasteiger partial charge in [0.2, 0.25) is 5.91 Å². The lowest BCUT2D eigenvalue weighted by Gasteiger charge is -2.28. The van der Waals surface area contributed by atoms with Crippen LogP contribution in [0.5, 0.6) is 0 Å². The number of hydrogen-bond donors (Lipinski definition) is 0. The van der Waals surface area contributed by atoms with Gasteiger partial charge in [-0.1, -0.05) is 36.0 Å². The number of nitriles is 1. The summed E-state index contributed by atoms with van der Waals surface area (Å²) in [6, 6.07) is 17.5. The van der Waals surface area contributed by atoms with Crippen LogP contribution in [0, 0.1) is 11.3 Å². The van der Waals surface area contributed by atoms with E-state index in [1.165, 1.54) is 22.9 Å². The summed E-state index contributed by atoms with van der Waals surface area (Å²) in [4.78, 5) is 18.8. The maximum absolute atomic E-state index is 12.6. The maximum atomic E-state index is 12.6. The highest BCUT2D eigenvalue weighted by molar-refractivity contribution is 7.99. The van der Waals surface area contributed by atoms with E-state index in [0.29, 0.717) is 28.9 Å². The van der Waals surface area contributed by atoms with Gasteiger partial charge in [-0.05, 0) is 41.8 Å². The van der Waals surface area contributed by atoms with Gasteiger partial charge in [0.05, 0.1) is 17.4 Å². The average molecular weight is 443 g/mol. The number of carbonyl (C=O) groups is 1. The van der Waals surface area contributed by atoms with Crippen LogP contribution in [0.15, 0.2) is 70.7 Å². The van der Waals surface area contributed by atoms with Gasteiger partial charge in [-0.2, -0.15) is 5.26 Å². The number of rotatable bonds is 5. The van der Waals surface area contributed by atoms with Crippen molar-refractivity contribution in [3.05, 3.63) is 77.7 Å². The second-order valence-corrected chi connectivity index (χ2v) is 8.25. The smallest absolute Gasteiger partial charge is 0.277 e. The zero-order valence-electron chi connectivity index (χ0n) is 17.0. The third kappa shape index (κ3) is 4.13. The number of carbonyl (C=O) groups excluding carboxylic acids is 1. The van der Waals surface area contributed by atoms with E-state index in [9.17, 15) is 4.79 Å². The summed E-state index contributed by atoms with van der Waals surface area (Å²) in [5, 5.41) is 17.4. The molecule has 0 radical (unpaired) electrons. The van der Waals surface area contributed by atoms with E-state index in [-0.39, 0.29) is 11.7 Å². The second-order valence-electron chi connectivity index (χ2n) is 7.32. The predicted octanol–water partition coefficient (Wildman–Crippen LogP) is 3.47. The zero-order valence-corrected chi connectivity index (χ0v) is 17.8. The summed E-state index contributed by atoms with van der Waals surface area (Å²) >= 11 is 1.23.